The minimum Gasteiger partial charge on any atom is -0.332 e. The quantitative estimate of drug-likeness (QED) is 0.674. The van der Waals surface area contributed by atoms with Gasteiger partial charge in [-0.2, -0.15) is 0 Å². The molecule has 3 aromatic rings. The number of fused-ring (bicyclic) bond motifs is 1. The molecule has 4 heteroatoms. The van der Waals surface area contributed by atoms with Gasteiger partial charge in [0.25, 0.3) is 5.91 Å². The first-order valence-electron chi connectivity index (χ1n) is 7.71. The summed E-state index contributed by atoms with van der Waals surface area (Å²) >= 11 is 5.25. The van der Waals surface area contributed by atoms with Crippen molar-refractivity contribution in [3.05, 3.63) is 77.4 Å². The van der Waals surface area contributed by atoms with Crippen molar-refractivity contribution in [2.24, 2.45) is 0 Å². The Hall–Kier alpha value is -2.72. The van der Waals surface area contributed by atoms with Gasteiger partial charge in [0.2, 0.25) is 0 Å². The summed E-state index contributed by atoms with van der Waals surface area (Å²) in [7, 11) is 0. The van der Waals surface area contributed by atoms with Gasteiger partial charge in [-0.15, -0.1) is 0 Å². The van der Waals surface area contributed by atoms with Crippen molar-refractivity contribution in [1.82, 2.24) is 5.32 Å². The maximum Gasteiger partial charge on any atom is 0.257 e. The predicted octanol–water partition coefficient (Wildman–Crippen LogP) is 4.58. The minimum atomic E-state index is -0.212. The molecule has 0 unspecified atom stereocenters. The van der Waals surface area contributed by atoms with Crippen LogP contribution in [0.1, 0.15) is 21.5 Å². The van der Waals surface area contributed by atoms with Crippen LogP contribution in [0.15, 0.2) is 60.7 Å². The molecule has 0 aliphatic carbocycles. The number of aryl methyl sites for hydroxylation is 2. The summed E-state index contributed by atoms with van der Waals surface area (Å²) in [4.78, 5) is 12.3. The Bertz CT molecular complexity index is 934. The van der Waals surface area contributed by atoms with Gasteiger partial charge < -0.3 is 5.32 Å². The van der Waals surface area contributed by atoms with Crippen molar-refractivity contribution in [2.75, 3.05) is 5.32 Å². The molecule has 0 atom stereocenters. The van der Waals surface area contributed by atoms with E-state index in [0.29, 0.717) is 5.56 Å². The zero-order chi connectivity index (χ0) is 17.1. The summed E-state index contributed by atoms with van der Waals surface area (Å²) in [6, 6.07) is 19.7. The molecule has 2 N–H and O–H groups in total. The Balaban J connectivity index is 1.69. The first-order chi connectivity index (χ1) is 11.5. The predicted molar refractivity (Wildman–Crippen MR) is 104 cm³/mol. The summed E-state index contributed by atoms with van der Waals surface area (Å²) in [6.07, 6.45) is 0. The molecule has 24 heavy (non-hydrogen) atoms. The normalized spacial score (nSPS) is 10.4. The molecule has 3 rings (SSSR count). The Kier molecular flexibility index (Phi) is 4.58. The van der Waals surface area contributed by atoms with Gasteiger partial charge in [0.1, 0.15) is 0 Å². The second kappa shape index (κ2) is 6.81. The molecule has 0 fully saturated rings. The van der Waals surface area contributed by atoms with E-state index in [0.717, 1.165) is 27.6 Å². The van der Waals surface area contributed by atoms with E-state index in [-0.39, 0.29) is 11.0 Å². The standard InChI is InChI=1S/C20H18N2OS/c1-13-7-8-17(11-14(13)2)19(23)22-20(24)21-18-10-9-15-5-3-4-6-16(15)12-18/h3-12H,1-2H3,(H2,21,22,23,24). The highest BCUT2D eigenvalue weighted by Crippen LogP contribution is 2.18. The molecule has 1 amide bonds. The van der Waals surface area contributed by atoms with Crippen LogP contribution >= 0.6 is 12.2 Å². The number of nitrogens with one attached hydrogen (secondary N) is 2. The lowest BCUT2D eigenvalue weighted by atomic mass is 10.1. The Labute approximate surface area is 146 Å². The zero-order valence-electron chi connectivity index (χ0n) is 13.6. The first-order valence-corrected chi connectivity index (χ1v) is 8.12. The van der Waals surface area contributed by atoms with Crippen molar-refractivity contribution in [2.45, 2.75) is 13.8 Å². The SMILES string of the molecule is Cc1ccc(C(=O)NC(=S)Nc2ccc3ccccc3c2)cc1C. The minimum absolute atomic E-state index is 0.212. The van der Waals surface area contributed by atoms with E-state index in [2.05, 4.69) is 16.7 Å². The first kappa shape index (κ1) is 16.1. The lowest BCUT2D eigenvalue weighted by Gasteiger charge is -2.11. The van der Waals surface area contributed by atoms with Gasteiger partial charge in [-0.1, -0.05) is 36.4 Å². The third-order valence-electron chi connectivity index (χ3n) is 4.00. The van der Waals surface area contributed by atoms with Crippen LogP contribution in [-0.4, -0.2) is 11.0 Å². The summed E-state index contributed by atoms with van der Waals surface area (Å²) in [5.41, 5.74) is 3.68. The number of carbonyl (C=O) groups is 1. The number of benzene rings is 3. The molecule has 0 bridgehead atoms. The summed E-state index contributed by atoms with van der Waals surface area (Å²) in [6.45, 7) is 4.00. The smallest absolute Gasteiger partial charge is 0.257 e. The lowest BCUT2D eigenvalue weighted by molar-refractivity contribution is 0.0977. The molecule has 0 spiro atoms. The van der Waals surface area contributed by atoms with Crippen LogP contribution in [0.3, 0.4) is 0 Å². The molecule has 0 saturated carbocycles. The van der Waals surface area contributed by atoms with E-state index >= 15 is 0 Å². The fourth-order valence-corrected chi connectivity index (χ4v) is 2.70. The average molecular weight is 334 g/mol. The van der Waals surface area contributed by atoms with Crippen LogP contribution in [0.2, 0.25) is 0 Å². The summed E-state index contributed by atoms with van der Waals surface area (Å²) in [5, 5.41) is 8.34. The van der Waals surface area contributed by atoms with Gasteiger partial charge in [0.05, 0.1) is 0 Å². The van der Waals surface area contributed by atoms with Crippen LogP contribution in [0.5, 0.6) is 0 Å². The summed E-state index contributed by atoms with van der Waals surface area (Å²) < 4.78 is 0. The van der Waals surface area contributed by atoms with Crippen molar-refractivity contribution in [1.29, 1.82) is 0 Å². The fraction of sp³-hybridized carbons (Fsp3) is 0.100. The number of amides is 1. The Morgan fingerprint density at radius 1 is 0.875 bits per heavy atom. The van der Waals surface area contributed by atoms with E-state index in [9.17, 15) is 4.79 Å². The van der Waals surface area contributed by atoms with Gasteiger partial charge in [-0.05, 0) is 72.2 Å². The van der Waals surface area contributed by atoms with Crippen LogP contribution < -0.4 is 10.6 Å². The molecule has 0 aromatic heterocycles. The van der Waals surface area contributed by atoms with E-state index in [4.69, 9.17) is 12.2 Å². The lowest BCUT2D eigenvalue weighted by Crippen LogP contribution is -2.34. The molecular formula is C20H18N2OS. The second-order valence-electron chi connectivity index (χ2n) is 5.77. The average Bonchev–Trinajstić information content (AvgIpc) is 2.57. The number of rotatable bonds is 2. The highest BCUT2D eigenvalue weighted by molar-refractivity contribution is 7.80. The monoisotopic (exact) mass is 334 g/mol. The van der Waals surface area contributed by atoms with Gasteiger partial charge in [0.15, 0.2) is 5.11 Å². The second-order valence-corrected chi connectivity index (χ2v) is 6.18. The maximum absolute atomic E-state index is 12.3. The summed E-state index contributed by atoms with van der Waals surface area (Å²) in [5.74, 6) is -0.212. The largest absolute Gasteiger partial charge is 0.332 e. The molecule has 0 heterocycles. The van der Waals surface area contributed by atoms with E-state index in [1.54, 1.807) is 6.07 Å². The highest BCUT2D eigenvalue weighted by Gasteiger charge is 2.09. The number of anilines is 1. The topological polar surface area (TPSA) is 41.1 Å². The molecule has 3 nitrogen and oxygen atoms in total. The third kappa shape index (κ3) is 3.60. The van der Waals surface area contributed by atoms with Gasteiger partial charge >= 0.3 is 0 Å². The number of carbonyl (C=O) groups excluding carboxylic acids is 1. The zero-order valence-corrected chi connectivity index (χ0v) is 14.4. The number of thiocarbonyl (C=S) groups is 1. The van der Waals surface area contributed by atoms with E-state index < -0.39 is 0 Å². The van der Waals surface area contributed by atoms with E-state index in [1.165, 1.54) is 0 Å². The van der Waals surface area contributed by atoms with Crippen LogP contribution in [-0.2, 0) is 0 Å². The molecule has 0 radical (unpaired) electrons. The van der Waals surface area contributed by atoms with Crippen LogP contribution in [0.4, 0.5) is 5.69 Å². The van der Waals surface area contributed by atoms with Crippen molar-refractivity contribution in [3.63, 3.8) is 0 Å². The highest BCUT2D eigenvalue weighted by atomic mass is 32.1. The molecular weight excluding hydrogens is 316 g/mol. The molecule has 0 saturated heterocycles. The van der Waals surface area contributed by atoms with Gasteiger partial charge in [-0.25, -0.2) is 0 Å². The van der Waals surface area contributed by atoms with E-state index in [1.807, 2.05) is 62.4 Å². The third-order valence-corrected chi connectivity index (χ3v) is 4.21. The van der Waals surface area contributed by atoms with Gasteiger partial charge in [0, 0.05) is 11.3 Å². The molecule has 0 aliphatic rings. The Morgan fingerprint density at radius 2 is 1.62 bits per heavy atom. The maximum atomic E-state index is 12.3. The molecule has 120 valence electrons. The van der Waals surface area contributed by atoms with Gasteiger partial charge in [-0.3, -0.25) is 10.1 Å². The van der Waals surface area contributed by atoms with Crippen molar-refractivity contribution < 1.29 is 4.79 Å². The molecule has 3 aromatic carbocycles. The Morgan fingerprint density at radius 3 is 2.38 bits per heavy atom. The van der Waals surface area contributed by atoms with Crippen molar-refractivity contribution >= 4 is 39.7 Å². The van der Waals surface area contributed by atoms with Crippen LogP contribution in [0, 0.1) is 13.8 Å². The molecule has 0 aliphatic heterocycles. The number of hydrogen-bond donors (Lipinski definition) is 2. The fourth-order valence-electron chi connectivity index (χ4n) is 2.49. The van der Waals surface area contributed by atoms with Crippen LogP contribution in [0.25, 0.3) is 10.8 Å². The van der Waals surface area contributed by atoms with Crippen molar-refractivity contribution in [3.8, 4) is 0 Å². The number of hydrogen-bond acceptors (Lipinski definition) is 2.